The van der Waals surface area contributed by atoms with E-state index in [0.717, 1.165) is 0 Å². The van der Waals surface area contributed by atoms with Crippen LogP contribution in [0, 0.1) is 5.82 Å². The van der Waals surface area contributed by atoms with Crippen LogP contribution in [0.5, 0.6) is 0 Å². The highest BCUT2D eigenvalue weighted by molar-refractivity contribution is 6.30. The fourth-order valence-corrected chi connectivity index (χ4v) is 1.74. The van der Waals surface area contributed by atoms with E-state index in [-0.39, 0.29) is 12.4 Å². The van der Waals surface area contributed by atoms with Gasteiger partial charge in [-0.1, -0.05) is 29.8 Å². The lowest BCUT2D eigenvalue weighted by Gasteiger charge is -2.03. The van der Waals surface area contributed by atoms with Crippen molar-refractivity contribution in [2.75, 3.05) is 0 Å². The Kier molecular flexibility index (Phi) is 3.93. The third-order valence-electron chi connectivity index (χ3n) is 2.63. The molecule has 96 valence electrons. The fraction of sp³-hybridized carbons (Fsp3) is 0.333. The predicted molar refractivity (Wildman–Crippen MR) is 65.8 cm³/mol. The molecule has 0 aliphatic heterocycles. The molecule has 2 rings (SSSR count). The summed E-state index contributed by atoms with van der Waals surface area (Å²) in [6.07, 6.45) is 1.55. The molecule has 0 aliphatic carbocycles. The van der Waals surface area contributed by atoms with E-state index < -0.39 is 6.10 Å². The molecule has 0 spiro atoms. The van der Waals surface area contributed by atoms with E-state index in [1.807, 2.05) is 6.92 Å². The first kappa shape index (κ1) is 13.0. The van der Waals surface area contributed by atoms with Gasteiger partial charge < -0.3 is 5.11 Å². The van der Waals surface area contributed by atoms with Gasteiger partial charge in [0, 0.05) is 10.6 Å². The summed E-state index contributed by atoms with van der Waals surface area (Å²) < 4.78 is 15.1. The van der Waals surface area contributed by atoms with Crippen LogP contribution >= 0.6 is 11.6 Å². The largest absolute Gasteiger partial charge is 0.387 e. The maximum atomic E-state index is 13.6. The normalized spacial score (nSPS) is 12.7. The molecule has 0 fully saturated rings. The molecule has 1 atom stereocenters. The second-order valence-corrected chi connectivity index (χ2v) is 4.44. The summed E-state index contributed by atoms with van der Waals surface area (Å²) in [6.45, 7) is 2.11. The van der Waals surface area contributed by atoms with Gasteiger partial charge in [-0.25, -0.2) is 9.07 Å². The van der Waals surface area contributed by atoms with E-state index in [0.29, 0.717) is 22.7 Å². The van der Waals surface area contributed by atoms with Crippen molar-refractivity contribution >= 4 is 11.6 Å². The highest BCUT2D eigenvalue weighted by Gasteiger charge is 2.11. The average molecular weight is 270 g/mol. The SMILES string of the molecule is CCC(O)c1cn(Cc2ccc(Cl)cc2F)nn1. The Bertz CT molecular complexity index is 544. The fourth-order valence-electron chi connectivity index (χ4n) is 1.58. The number of aliphatic hydroxyl groups excluding tert-OH is 1. The van der Waals surface area contributed by atoms with Crippen molar-refractivity contribution in [1.82, 2.24) is 15.0 Å². The standard InChI is InChI=1S/C12H13ClFN3O/c1-2-12(18)11-7-17(16-15-11)6-8-3-4-9(13)5-10(8)14/h3-5,7,12,18H,2,6H2,1H3. The Morgan fingerprint density at radius 3 is 2.94 bits per heavy atom. The van der Waals surface area contributed by atoms with Gasteiger partial charge in [0.1, 0.15) is 11.5 Å². The first-order valence-electron chi connectivity index (χ1n) is 5.62. The van der Waals surface area contributed by atoms with Crippen molar-refractivity contribution in [2.45, 2.75) is 26.0 Å². The lowest BCUT2D eigenvalue weighted by atomic mass is 10.2. The van der Waals surface area contributed by atoms with E-state index in [2.05, 4.69) is 10.3 Å². The van der Waals surface area contributed by atoms with Crippen LogP contribution in [0.4, 0.5) is 4.39 Å². The molecule has 2 aromatic rings. The molecule has 0 aliphatic rings. The van der Waals surface area contributed by atoms with Crippen molar-refractivity contribution in [3.8, 4) is 0 Å². The summed E-state index contributed by atoms with van der Waals surface area (Å²) in [4.78, 5) is 0. The topological polar surface area (TPSA) is 50.9 Å². The molecule has 0 amide bonds. The molecule has 0 saturated carbocycles. The van der Waals surface area contributed by atoms with Crippen LogP contribution in [-0.4, -0.2) is 20.1 Å². The number of halogens is 2. The van der Waals surface area contributed by atoms with Gasteiger partial charge >= 0.3 is 0 Å². The van der Waals surface area contributed by atoms with Crippen LogP contribution < -0.4 is 0 Å². The number of rotatable bonds is 4. The number of nitrogens with zero attached hydrogens (tertiary/aromatic N) is 3. The summed E-state index contributed by atoms with van der Waals surface area (Å²) >= 11 is 5.68. The summed E-state index contributed by atoms with van der Waals surface area (Å²) in [5, 5.41) is 17.6. The van der Waals surface area contributed by atoms with Crippen molar-refractivity contribution in [2.24, 2.45) is 0 Å². The van der Waals surface area contributed by atoms with E-state index in [4.69, 9.17) is 11.6 Å². The van der Waals surface area contributed by atoms with Gasteiger partial charge in [0.05, 0.1) is 18.8 Å². The zero-order valence-electron chi connectivity index (χ0n) is 9.85. The lowest BCUT2D eigenvalue weighted by Crippen LogP contribution is -2.02. The zero-order valence-corrected chi connectivity index (χ0v) is 10.6. The van der Waals surface area contributed by atoms with E-state index in [1.165, 1.54) is 10.7 Å². The highest BCUT2D eigenvalue weighted by Crippen LogP contribution is 2.16. The minimum atomic E-state index is -0.631. The summed E-state index contributed by atoms with van der Waals surface area (Å²) in [7, 11) is 0. The maximum Gasteiger partial charge on any atom is 0.129 e. The van der Waals surface area contributed by atoms with Crippen molar-refractivity contribution in [3.05, 3.63) is 46.5 Å². The molecule has 18 heavy (non-hydrogen) atoms. The summed E-state index contributed by atoms with van der Waals surface area (Å²) in [5.41, 5.74) is 0.966. The van der Waals surface area contributed by atoms with Crippen LogP contribution in [0.1, 0.15) is 30.7 Å². The molecule has 4 nitrogen and oxygen atoms in total. The van der Waals surface area contributed by atoms with E-state index >= 15 is 0 Å². The van der Waals surface area contributed by atoms with Crippen LogP contribution in [0.3, 0.4) is 0 Å². The number of aliphatic hydroxyl groups is 1. The first-order chi connectivity index (χ1) is 8.60. The Balaban J connectivity index is 2.16. The molecule has 1 aromatic heterocycles. The molecule has 1 aromatic carbocycles. The van der Waals surface area contributed by atoms with Gasteiger partial charge in [0.2, 0.25) is 0 Å². The zero-order chi connectivity index (χ0) is 13.1. The molecule has 1 N–H and O–H groups in total. The van der Waals surface area contributed by atoms with Gasteiger partial charge in [-0.2, -0.15) is 0 Å². The molecule has 6 heteroatoms. The number of aromatic nitrogens is 3. The third-order valence-corrected chi connectivity index (χ3v) is 2.87. The van der Waals surface area contributed by atoms with Gasteiger partial charge in [-0.05, 0) is 18.6 Å². The molecule has 0 saturated heterocycles. The first-order valence-corrected chi connectivity index (χ1v) is 6.00. The second-order valence-electron chi connectivity index (χ2n) is 4.00. The van der Waals surface area contributed by atoms with Crippen LogP contribution in [0.25, 0.3) is 0 Å². The van der Waals surface area contributed by atoms with Crippen LogP contribution in [-0.2, 0) is 6.54 Å². The maximum absolute atomic E-state index is 13.6. The molecule has 1 unspecified atom stereocenters. The minimum Gasteiger partial charge on any atom is -0.387 e. The third kappa shape index (κ3) is 2.86. The average Bonchev–Trinajstić information content (AvgIpc) is 2.80. The predicted octanol–water partition coefficient (Wildman–Crippen LogP) is 2.56. The van der Waals surface area contributed by atoms with Crippen molar-refractivity contribution < 1.29 is 9.50 Å². The van der Waals surface area contributed by atoms with Crippen molar-refractivity contribution in [1.29, 1.82) is 0 Å². The monoisotopic (exact) mass is 269 g/mol. The summed E-state index contributed by atoms with van der Waals surface area (Å²) in [5.74, 6) is -0.379. The number of hydrogen-bond donors (Lipinski definition) is 1. The van der Waals surface area contributed by atoms with Crippen LogP contribution in [0.15, 0.2) is 24.4 Å². The quantitative estimate of drug-likeness (QED) is 0.928. The lowest BCUT2D eigenvalue weighted by molar-refractivity contribution is 0.168. The smallest absolute Gasteiger partial charge is 0.129 e. The van der Waals surface area contributed by atoms with Crippen LogP contribution in [0.2, 0.25) is 5.02 Å². The number of benzene rings is 1. The molecule has 0 bridgehead atoms. The van der Waals surface area contributed by atoms with Gasteiger partial charge in [0.15, 0.2) is 0 Å². The molecular weight excluding hydrogens is 257 g/mol. The molecular formula is C12H13ClFN3O. The molecule has 0 radical (unpaired) electrons. The number of hydrogen-bond acceptors (Lipinski definition) is 3. The van der Waals surface area contributed by atoms with Gasteiger partial charge in [0.25, 0.3) is 0 Å². The highest BCUT2D eigenvalue weighted by atomic mass is 35.5. The Morgan fingerprint density at radius 1 is 1.50 bits per heavy atom. The Morgan fingerprint density at radius 2 is 2.28 bits per heavy atom. The van der Waals surface area contributed by atoms with Gasteiger partial charge in [-0.15, -0.1) is 5.10 Å². The Hall–Kier alpha value is -1.46. The molecule has 1 heterocycles. The van der Waals surface area contributed by atoms with Gasteiger partial charge in [-0.3, -0.25) is 0 Å². The second kappa shape index (κ2) is 5.46. The van der Waals surface area contributed by atoms with Crippen molar-refractivity contribution in [3.63, 3.8) is 0 Å². The van der Waals surface area contributed by atoms with E-state index in [9.17, 15) is 9.50 Å². The minimum absolute atomic E-state index is 0.256. The summed E-state index contributed by atoms with van der Waals surface area (Å²) in [6, 6.07) is 4.49. The van der Waals surface area contributed by atoms with E-state index in [1.54, 1.807) is 18.3 Å². The Labute approximate surface area is 109 Å².